The molecule has 1 unspecified atom stereocenters. The smallest absolute Gasteiger partial charge is 0.341 e. The molecular formula is C16H21NO4S. The van der Waals surface area contributed by atoms with Crippen molar-refractivity contribution in [1.29, 1.82) is 0 Å². The zero-order chi connectivity index (χ0) is 15.7. The third-order valence-corrected chi connectivity index (χ3v) is 5.32. The number of hydrogen-bond acceptors (Lipinski definition) is 5. The van der Waals surface area contributed by atoms with Crippen LogP contribution in [0.3, 0.4) is 0 Å². The SMILES string of the molecule is Cc1sc(NC(=O)C2CC2)c(C(=O)OCC2CCCO2)c1C. The molecule has 1 saturated heterocycles. The Bertz CT molecular complexity index is 585. The van der Waals surface area contributed by atoms with Crippen LogP contribution >= 0.6 is 11.3 Å². The van der Waals surface area contributed by atoms with Crippen LogP contribution < -0.4 is 5.32 Å². The summed E-state index contributed by atoms with van der Waals surface area (Å²) in [5, 5.41) is 3.51. The molecule has 2 fully saturated rings. The van der Waals surface area contributed by atoms with Crippen LogP contribution in [0.5, 0.6) is 0 Å². The summed E-state index contributed by atoms with van der Waals surface area (Å²) in [4.78, 5) is 25.4. The van der Waals surface area contributed by atoms with Crippen LogP contribution in [0, 0.1) is 19.8 Å². The minimum absolute atomic E-state index is 0.00786. The lowest BCUT2D eigenvalue weighted by Gasteiger charge is -2.11. The number of carbonyl (C=O) groups is 2. The Kier molecular flexibility index (Phi) is 4.49. The Morgan fingerprint density at radius 3 is 2.73 bits per heavy atom. The standard InChI is InChI=1S/C16H21NO4S/c1-9-10(2)22-15(17-14(18)11-5-6-11)13(9)16(19)21-8-12-4-3-7-20-12/h11-12H,3-8H2,1-2H3,(H,17,18). The maximum atomic E-state index is 12.4. The van der Waals surface area contributed by atoms with Crippen molar-refractivity contribution in [3.05, 3.63) is 16.0 Å². The van der Waals surface area contributed by atoms with E-state index in [2.05, 4.69) is 5.32 Å². The topological polar surface area (TPSA) is 64.6 Å². The van der Waals surface area contributed by atoms with Crippen molar-refractivity contribution in [2.24, 2.45) is 5.92 Å². The van der Waals surface area contributed by atoms with Gasteiger partial charge in [-0.1, -0.05) is 0 Å². The van der Waals surface area contributed by atoms with Gasteiger partial charge in [0.2, 0.25) is 5.91 Å². The third kappa shape index (κ3) is 3.33. The molecule has 0 radical (unpaired) electrons. The number of nitrogens with one attached hydrogen (secondary N) is 1. The van der Waals surface area contributed by atoms with Crippen LogP contribution in [-0.2, 0) is 14.3 Å². The van der Waals surface area contributed by atoms with E-state index in [1.165, 1.54) is 11.3 Å². The molecule has 1 aliphatic heterocycles. The maximum Gasteiger partial charge on any atom is 0.341 e. The van der Waals surface area contributed by atoms with E-state index in [1.807, 2.05) is 13.8 Å². The molecule has 2 aliphatic rings. The minimum atomic E-state index is -0.372. The van der Waals surface area contributed by atoms with Gasteiger partial charge < -0.3 is 14.8 Å². The van der Waals surface area contributed by atoms with Gasteiger partial charge in [0, 0.05) is 17.4 Å². The summed E-state index contributed by atoms with van der Waals surface area (Å²) in [6, 6.07) is 0. The summed E-state index contributed by atoms with van der Waals surface area (Å²) in [5.41, 5.74) is 1.38. The van der Waals surface area contributed by atoms with Gasteiger partial charge in [0.25, 0.3) is 0 Å². The Hall–Kier alpha value is -1.40. The Morgan fingerprint density at radius 1 is 1.32 bits per heavy atom. The number of amides is 1. The highest BCUT2D eigenvalue weighted by Gasteiger charge is 2.32. The van der Waals surface area contributed by atoms with E-state index in [9.17, 15) is 9.59 Å². The Morgan fingerprint density at radius 2 is 2.09 bits per heavy atom. The molecule has 1 aromatic rings. The molecule has 1 aliphatic carbocycles. The Labute approximate surface area is 134 Å². The second-order valence-corrected chi connectivity index (χ2v) is 7.21. The van der Waals surface area contributed by atoms with Gasteiger partial charge in [0.15, 0.2) is 0 Å². The minimum Gasteiger partial charge on any atom is -0.459 e. The molecule has 1 aromatic heterocycles. The molecule has 120 valence electrons. The van der Waals surface area contributed by atoms with Crippen LogP contribution in [0.2, 0.25) is 0 Å². The molecular weight excluding hydrogens is 302 g/mol. The zero-order valence-electron chi connectivity index (χ0n) is 12.9. The highest BCUT2D eigenvalue weighted by molar-refractivity contribution is 7.16. The third-order valence-electron chi connectivity index (χ3n) is 4.20. The van der Waals surface area contributed by atoms with Crippen LogP contribution in [-0.4, -0.2) is 31.2 Å². The predicted octanol–water partition coefficient (Wildman–Crippen LogP) is 3.05. The Balaban J connectivity index is 1.69. The second-order valence-electron chi connectivity index (χ2n) is 5.98. The van der Waals surface area contributed by atoms with Crippen molar-refractivity contribution in [2.45, 2.75) is 45.6 Å². The molecule has 3 rings (SSSR count). The average molecular weight is 323 g/mol. The fourth-order valence-corrected chi connectivity index (χ4v) is 3.59. The molecule has 0 spiro atoms. The number of esters is 1. The predicted molar refractivity (Wildman–Crippen MR) is 84.4 cm³/mol. The first-order valence-electron chi connectivity index (χ1n) is 7.76. The number of rotatable bonds is 5. The fraction of sp³-hybridized carbons (Fsp3) is 0.625. The lowest BCUT2D eigenvalue weighted by molar-refractivity contribution is -0.117. The molecule has 1 atom stereocenters. The monoisotopic (exact) mass is 323 g/mol. The average Bonchev–Trinajstić information content (AvgIpc) is 3.14. The van der Waals surface area contributed by atoms with Crippen molar-refractivity contribution in [1.82, 2.24) is 0 Å². The van der Waals surface area contributed by atoms with E-state index in [1.54, 1.807) is 0 Å². The highest BCUT2D eigenvalue weighted by Crippen LogP contribution is 2.36. The lowest BCUT2D eigenvalue weighted by atomic mass is 10.1. The molecule has 2 heterocycles. The van der Waals surface area contributed by atoms with E-state index in [0.717, 1.165) is 42.7 Å². The first-order chi connectivity index (χ1) is 10.6. The highest BCUT2D eigenvalue weighted by atomic mass is 32.1. The van der Waals surface area contributed by atoms with Crippen molar-refractivity contribution in [2.75, 3.05) is 18.5 Å². The van der Waals surface area contributed by atoms with Gasteiger partial charge in [-0.05, 0) is 45.1 Å². The molecule has 1 amide bonds. The number of hydrogen-bond donors (Lipinski definition) is 1. The van der Waals surface area contributed by atoms with E-state index in [0.29, 0.717) is 10.6 Å². The summed E-state index contributed by atoms with van der Waals surface area (Å²) in [7, 11) is 0. The van der Waals surface area contributed by atoms with E-state index in [4.69, 9.17) is 9.47 Å². The van der Waals surface area contributed by atoms with Gasteiger partial charge in [-0.15, -0.1) is 11.3 Å². The van der Waals surface area contributed by atoms with Crippen molar-refractivity contribution in [3.63, 3.8) is 0 Å². The first-order valence-corrected chi connectivity index (χ1v) is 8.57. The zero-order valence-corrected chi connectivity index (χ0v) is 13.8. The number of carbonyl (C=O) groups excluding carboxylic acids is 2. The quantitative estimate of drug-likeness (QED) is 0.846. The van der Waals surface area contributed by atoms with Crippen molar-refractivity contribution in [3.8, 4) is 0 Å². The van der Waals surface area contributed by atoms with Gasteiger partial charge in [-0.25, -0.2) is 4.79 Å². The number of anilines is 1. The van der Waals surface area contributed by atoms with Gasteiger partial charge in [-0.2, -0.15) is 0 Å². The largest absolute Gasteiger partial charge is 0.459 e. The molecule has 1 saturated carbocycles. The van der Waals surface area contributed by atoms with Crippen LogP contribution in [0.15, 0.2) is 0 Å². The molecule has 5 nitrogen and oxygen atoms in total. The molecule has 1 N–H and O–H groups in total. The number of aryl methyl sites for hydroxylation is 1. The van der Waals surface area contributed by atoms with E-state index < -0.39 is 0 Å². The summed E-state index contributed by atoms with van der Waals surface area (Å²) in [6.07, 6.45) is 3.83. The van der Waals surface area contributed by atoms with Gasteiger partial charge in [0.05, 0.1) is 11.7 Å². The van der Waals surface area contributed by atoms with Gasteiger partial charge in [-0.3, -0.25) is 4.79 Å². The molecule has 6 heteroatoms. The number of thiophene rings is 1. The van der Waals surface area contributed by atoms with Crippen LogP contribution in [0.25, 0.3) is 0 Å². The lowest BCUT2D eigenvalue weighted by Crippen LogP contribution is -2.20. The maximum absolute atomic E-state index is 12.4. The summed E-state index contributed by atoms with van der Waals surface area (Å²) in [5.74, 6) is -0.253. The van der Waals surface area contributed by atoms with Crippen molar-refractivity contribution < 1.29 is 19.1 Å². The van der Waals surface area contributed by atoms with E-state index >= 15 is 0 Å². The molecule has 22 heavy (non-hydrogen) atoms. The second kappa shape index (κ2) is 6.38. The van der Waals surface area contributed by atoms with Gasteiger partial charge >= 0.3 is 5.97 Å². The molecule has 0 bridgehead atoms. The summed E-state index contributed by atoms with van der Waals surface area (Å²) in [6.45, 7) is 4.86. The first kappa shape index (κ1) is 15.5. The van der Waals surface area contributed by atoms with E-state index in [-0.39, 0.29) is 30.5 Å². The number of ether oxygens (including phenoxy) is 2. The fourth-order valence-electron chi connectivity index (χ4n) is 2.54. The summed E-state index contributed by atoms with van der Waals surface area (Å²) >= 11 is 1.44. The van der Waals surface area contributed by atoms with Crippen molar-refractivity contribution >= 4 is 28.2 Å². The normalized spacial score (nSPS) is 20.9. The van der Waals surface area contributed by atoms with Crippen LogP contribution in [0.4, 0.5) is 5.00 Å². The summed E-state index contributed by atoms with van der Waals surface area (Å²) < 4.78 is 10.9. The van der Waals surface area contributed by atoms with Gasteiger partial charge in [0.1, 0.15) is 11.6 Å². The van der Waals surface area contributed by atoms with Crippen LogP contribution in [0.1, 0.15) is 46.5 Å². The molecule has 0 aromatic carbocycles.